The molecule has 1 saturated heterocycles. The van der Waals surface area contributed by atoms with Crippen LogP contribution in [0.4, 0.5) is 0 Å². The van der Waals surface area contributed by atoms with Crippen molar-refractivity contribution >= 4 is 33.5 Å². The van der Waals surface area contributed by atoms with E-state index in [1.165, 1.54) is 22.5 Å². The highest BCUT2D eigenvalue weighted by Crippen LogP contribution is 2.32. The van der Waals surface area contributed by atoms with Crippen molar-refractivity contribution in [2.24, 2.45) is 5.92 Å². The first-order valence-electron chi connectivity index (χ1n) is 10.5. The van der Waals surface area contributed by atoms with Gasteiger partial charge < -0.3 is 10.1 Å². The first kappa shape index (κ1) is 23.0. The number of carbonyl (C=O) groups is 2. The number of carbonyl (C=O) groups excluding carboxylic acids is 2. The van der Waals surface area contributed by atoms with E-state index in [2.05, 4.69) is 5.32 Å². The molecule has 1 heterocycles. The van der Waals surface area contributed by atoms with E-state index in [0.717, 1.165) is 25.7 Å². The lowest BCUT2D eigenvalue weighted by atomic mass is 9.97. The Labute approximate surface area is 183 Å². The maximum atomic E-state index is 13.2. The van der Waals surface area contributed by atoms with Crippen LogP contribution in [0.25, 0.3) is 0 Å². The number of sulfonamides is 1. The van der Waals surface area contributed by atoms with Crippen LogP contribution in [0.1, 0.15) is 62.7 Å². The monoisotopic (exact) mass is 456 g/mol. The number of benzene rings is 1. The minimum Gasteiger partial charge on any atom is -0.464 e. The van der Waals surface area contributed by atoms with Gasteiger partial charge in [-0.15, -0.1) is 0 Å². The lowest BCUT2D eigenvalue weighted by molar-refractivity contribution is -0.150. The molecule has 1 N–H and O–H groups in total. The summed E-state index contributed by atoms with van der Waals surface area (Å²) in [7, 11) is -3.82. The summed E-state index contributed by atoms with van der Waals surface area (Å²) in [5.41, 5.74) is -0.910. The van der Waals surface area contributed by atoms with Crippen LogP contribution in [-0.4, -0.2) is 49.8 Å². The number of esters is 1. The molecule has 166 valence electrons. The summed E-state index contributed by atoms with van der Waals surface area (Å²) in [5.74, 6) is -0.685. The lowest BCUT2D eigenvalue weighted by Gasteiger charge is -2.30. The van der Waals surface area contributed by atoms with Gasteiger partial charge in [0.2, 0.25) is 10.0 Å². The molecule has 2 fully saturated rings. The van der Waals surface area contributed by atoms with E-state index in [1.807, 2.05) is 6.92 Å². The van der Waals surface area contributed by atoms with Crippen LogP contribution in [0.15, 0.2) is 23.1 Å². The predicted molar refractivity (Wildman–Crippen MR) is 114 cm³/mol. The van der Waals surface area contributed by atoms with Crippen LogP contribution in [0, 0.1) is 5.92 Å². The van der Waals surface area contributed by atoms with Crippen molar-refractivity contribution in [2.75, 3.05) is 19.7 Å². The quantitative estimate of drug-likeness (QED) is 0.662. The first-order chi connectivity index (χ1) is 14.2. The van der Waals surface area contributed by atoms with Crippen LogP contribution >= 0.6 is 11.6 Å². The van der Waals surface area contributed by atoms with Crippen molar-refractivity contribution in [3.05, 3.63) is 28.8 Å². The third kappa shape index (κ3) is 4.65. The number of halogens is 1. The molecule has 1 unspecified atom stereocenters. The van der Waals surface area contributed by atoms with E-state index in [9.17, 15) is 18.0 Å². The van der Waals surface area contributed by atoms with Gasteiger partial charge in [-0.05, 0) is 56.7 Å². The fourth-order valence-electron chi connectivity index (χ4n) is 4.26. The summed E-state index contributed by atoms with van der Waals surface area (Å²) >= 11 is 6.22. The molecule has 1 saturated carbocycles. The Morgan fingerprint density at radius 2 is 1.97 bits per heavy atom. The van der Waals surface area contributed by atoms with E-state index in [1.54, 1.807) is 6.92 Å². The average Bonchev–Trinajstić information content (AvgIpc) is 3.18. The minimum atomic E-state index is -3.82. The van der Waals surface area contributed by atoms with Crippen molar-refractivity contribution < 1.29 is 22.7 Å². The molecule has 30 heavy (non-hydrogen) atoms. The third-order valence-electron chi connectivity index (χ3n) is 5.91. The van der Waals surface area contributed by atoms with Gasteiger partial charge in [0.15, 0.2) is 0 Å². The number of rotatable bonds is 6. The number of piperidine rings is 1. The molecule has 1 aromatic carbocycles. The van der Waals surface area contributed by atoms with Gasteiger partial charge in [-0.1, -0.05) is 31.4 Å². The summed E-state index contributed by atoms with van der Waals surface area (Å²) in [4.78, 5) is 25.4. The fraction of sp³-hybridized carbons (Fsp3) is 0.619. The molecule has 1 aromatic rings. The summed E-state index contributed by atoms with van der Waals surface area (Å²) in [6.45, 7) is 4.84. The van der Waals surface area contributed by atoms with Gasteiger partial charge in [0.05, 0.1) is 11.6 Å². The normalized spacial score (nSPS) is 21.9. The molecule has 9 heteroatoms. The van der Waals surface area contributed by atoms with E-state index >= 15 is 0 Å². The molecular weight excluding hydrogens is 428 g/mol. The zero-order valence-corrected chi connectivity index (χ0v) is 19.0. The molecule has 0 spiro atoms. The number of amides is 1. The molecule has 1 amide bonds. The SMILES string of the molecule is CCOC(=O)C1(NC(=O)c2ccc(Cl)c(S(=O)(=O)N3CCCC(C)C3)c2)CCCC1. The van der Waals surface area contributed by atoms with Crippen molar-refractivity contribution in [3.8, 4) is 0 Å². The van der Waals surface area contributed by atoms with Crippen molar-refractivity contribution in [3.63, 3.8) is 0 Å². The Bertz CT molecular complexity index is 912. The summed E-state index contributed by atoms with van der Waals surface area (Å²) in [6.07, 6.45) is 4.40. The molecule has 2 aliphatic rings. The van der Waals surface area contributed by atoms with Gasteiger partial charge in [0, 0.05) is 18.7 Å². The van der Waals surface area contributed by atoms with Crippen LogP contribution in [0.2, 0.25) is 5.02 Å². The van der Waals surface area contributed by atoms with E-state index < -0.39 is 27.4 Å². The standard InChI is InChI=1S/C21H29ClN2O5S/c1-3-29-20(26)21(10-4-5-11-21)23-19(25)16-8-9-17(22)18(13-16)30(27,28)24-12-6-7-15(2)14-24/h8-9,13,15H,3-7,10-12,14H2,1-2H3,(H,23,25). The van der Waals surface area contributed by atoms with Crippen molar-refractivity contribution in [1.82, 2.24) is 9.62 Å². The molecule has 0 radical (unpaired) electrons. The Balaban J connectivity index is 1.87. The zero-order valence-electron chi connectivity index (χ0n) is 17.4. The molecular formula is C21H29ClN2O5S. The summed E-state index contributed by atoms with van der Waals surface area (Å²) < 4.78 is 32.9. The first-order valence-corrected chi connectivity index (χ1v) is 12.3. The second-order valence-electron chi connectivity index (χ2n) is 8.22. The van der Waals surface area contributed by atoms with Crippen LogP contribution in [0.5, 0.6) is 0 Å². The van der Waals surface area contributed by atoms with Crippen molar-refractivity contribution in [1.29, 1.82) is 0 Å². The molecule has 0 bridgehead atoms. The lowest BCUT2D eigenvalue weighted by Crippen LogP contribution is -2.53. The van der Waals surface area contributed by atoms with Crippen LogP contribution in [0.3, 0.4) is 0 Å². The minimum absolute atomic E-state index is 0.0748. The van der Waals surface area contributed by atoms with E-state index in [-0.39, 0.29) is 28.0 Å². The average molecular weight is 457 g/mol. The number of nitrogens with one attached hydrogen (secondary N) is 1. The van der Waals surface area contributed by atoms with Crippen molar-refractivity contribution in [2.45, 2.75) is 62.8 Å². The third-order valence-corrected chi connectivity index (χ3v) is 8.25. The molecule has 1 atom stereocenters. The highest BCUT2D eigenvalue weighted by molar-refractivity contribution is 7.89. The Kier molecular flexibility index (Phi) is 7.09. The van der Waals surface area contributed by atoms with Crippen LogP contribution < -0.4 is 5.32 Å². The molecule has 1 aliphatic heterocycles. The highest BCUT2D eigenvalue weighted by Gasteiger charge is 2.44. The highest BCUT2D eigenvalue weighted by atomic mass is 35.5. The van der Waals surface area contributed by atoms with E-state index in [4.69, 9.17) is 16.3 Å². The second kappa shape index (κ2) is 9.24. The fourth-order valence-corrected chi connectivity index (χ4v) is 6.36. The van der Waals surface area contributed by atoms with Gasteiger partial charge in [-0.25, -0.2) is 13.2 Å². The Morgan fingerprint density at radius 3 is 2.60 bits per heavy atom. The zero-order chi connectivity index (χ0) is 21.9. The van der Waals surface area contributed by atoms with E-state index in [0.29, 0.717) is 25.9 Å². The molecule has 3 rings (SSSR count). The van der Waals surface area contributed by atoms with Gasteiger partial charge in [0.25, 0.3) is 5.91 Å². The molecule has 1 aliphatic carbocycles. The molecule has 7 nitrogen and oxygen atoms in total. The number of hydrogen-bond donors (Lipinski definition) is 1. The topological polar surface area (TPSA) is 92.8 Å². The maximum absolute atomic E-state index is 13.2. The summed E-state index contributed by atoms with van der Waals surface area (Å²) in [6, 6.07) is 4.20. The van der Waals surface area contributed by atoms with Gasteiger partial charge in [-0.2, -0.15) is 4.31 Å². The second-order valence-corrected chi connectivity index (χ2v) is 10.5. The predicted octanol–water partition coefficient (Wildman–Crippen LogP) is 3.37. The number of hydrogen-bond acceptors (Lipinski definition) is 5. The van der Waals surface area contributed by atoms with Crippen LogP contribution in [-0.2, 0) is 19.6 Å². The maximum Gasteiger partial charge on any atom is 0.331 e. The number of nitrogens with zero attached hydrogens (tertiary/aromatic N) is 1. The number of ether oxygens (including phenoxy) is 1. The van der Waals surface area contributed by atoms with Gasteiger partial charge >= 0.3 is 5.97 Å². The largest absolute Gasteiger partial charge is 0.464 e. The van der Waals surface area contributed by atoms with Gasteiger partial charge in [-0.3, -0.25) is 4.79 Å². The van der Waals surface area contributed by atoms with Gasteiger partial charge in [0.1, 0.15) is 10.4 Å². The Hall–Kier alpha value is -1.64. The smallest absolute Gasteiger partial charge is 0.331 e. The molecule has 0 aromatic heterocycles. The summed E-state index contributed by atoms with van der Waals surface area (Å²) in [5, 5.41) is 2.89. The Morgan fingerprint density at radius 1 is 1.27 bits per heavy atom.